The predicted octanol–water partition coefficient (Wildman–Crippen LogP) is 3.09. The molecule has 1 N–H and O–H groups in total. The summed E-state index contributed by atoms with van der Waals surface area (Å²) in [5.41, 5.74) is 0.317. The van der Waals surface area contributed by atoms with Gasteiger partial charge in [-0.1, -0.05) is 33.8 Å². The first-order valence-corrected chi connectivity index (χ1v) is 4.73. The van der Waals surface area contributed by atoms with E-state index in [-0.39, 0.29) is 0 Å². The number of carbonyl (C=O) groups is 1. The molecule has 1 unspecified atom stereocenters. The molecule has 0 aliphatic carbocycles. The maximum atomic E-state index is 10.2. The SMILES string of the molecule is CC(CCC=CC(=O)O)C(C)(C)C. The minimum atomic E-state index is -0.858. The van der Waals surface area contributed by atoms with Gasteiger partial charge in [-0.3, -0.25) is 0 Å². The Morgan fingerprint density at radius 2 is 2.00 bits per heavy atom. The lowest BCUT2D eigenvalue weighted by atomic mass is 9.79. The van der Waals surface area contributed by atoms with Crippen molar-refractivity contribution in [2.45, 2.75) is 40.5 Å². The highest BCUT2D eigenvalue weighted by Gasteiger charge is 2.18. The minimum Gasteiger partial charge on any atom is -0.478 e. The normalized spacial score (nSPS) is 14.8. The number of hydrogen-bond donors (Lipinski definition) is 1. The molecule has 0 amide bonds. The lowest BCUT2D eigenvalue weighted by Crippen LogP contribution is -2.16. The van der Waals surface area contributed by atoms with Gasteiger partial charge in [-0.15, -0.1) is 0 Å². The van der Waals surface area contributed by atoms with E-state index >= 15 is 0 Å². The van der Waals surface area contributed by atoms with Crippen LogP contribution in [0.1, 0.15) is 40.5 Å². The number of aliphatic carboxylic acids is 1. The zero-order valence-corrected chi connectivity index (χ0v) is 9.00. The minimum absolute atomic E-state index is 0.317. The number of carboxylic acid groups (broad SMARTS) is 1. The van der Waals surface area contributed by atoms with Gasteiger partial charge in [0.1, 0.15) is 0 Å². The first-order valence-electron chi connectivity index (χ1n) is 4.73. The summed E-state index contributed by atoms with van der Waals surface area (Å²) in [6.45, 7) is 8.82. The second kappa shape index (κ2) is 5.05. The second-order valence-corrected chi connectivity index (χ2v) is 4.59. The van der Waals surface area contributed by atoms with Crippen LogP contribution in [0.3, 0.4) is 0 Å². The van der Waals surface area contributed by atoms with E-state index in [4.69, 9.17) is 5.11 Å². The average molecular weight is 184 g/mol. The molecule has 0 aromatic carbocycles. The summed E-state index contributed by atoms with van der Waals surface area (Å²) in [4.78, 5) is 10.2. The summed E-state index contributed by atoms with van der Waals surface area (Å²) in [5, 5.41) is 8.35. The molecule has 13 heavy (non-hydrogen) atoms. The van der Waals surface area contributed by atoms with Gasteiger partial charge in [-0.2, -0.15) is 0 Å². The van der Waals surface area contributed by atoms with E-state index < -0.39 is 5.97 Å². The van der Waals surface area contributed by atoms with Crippen LogP contribution in [-0.4, -0.2) is 11.1 Å². The van der Waals surface area contributed by atoms with Gasteiger partial charge in [0.15, 0.2) is 0 Å². The molecule has 0 aliphatic heterocycles. The van der Waals surface area contributed by atoms with Crippen LogP contribution < -0.4 is 0 Å². The molecule has 0 radical (unpaired) electrons. The van der Waals surface area contributed by atoms with E-state index in [1.807, 2.05) is 0 Å². The van der Waals surface area contributed by atoms with Crippen molar-refractivity contribution in [3.05, 3.63) is 12.2 Å². The van der Waals surface area contributed by atoms with Crippen LogP contribution in [0.5, 0.6) is 0 Å². The molecule has 2 heteroatoms. The average Bonchev–Trinajstić information content (AvgIpc) is 1.95. The third kappa shape index (κ3) is 6.38. The van der Waals surface area contributed by atoms with Crippen molar-refractivity contribution in [1.29, 1.82) is 0 Å². The number of rotatable bonds is 4. The number of hydrogen-bond acceptors (Lipinski definition) is 1. The molecule has 0 spiro atoms. The molecule has 0 aromatic heterocycles. The molecule has 0 rings (SSSR count). The Kier molecular flexibility index (Phi) is 4.74. The molecule has 0 heterocycles. The molecule has 0 aromatic rings. The summed E-state index contributed by atoms with van der Waals surface area (Å²) in [6, 6.07) is 0. The Morgan fingerprint density at radius 1 is 1.46 bits per heavy atom. The lowest BCUT2D eigenvalue weighted by molar-refractivity contribution is -0.131. The highest BCUT2D eigenvalue weighted by Crippen LogP contribution is 2.28. The molecule has 0 saturated heterocycles. The van der Waals surface area contributed by atoms with Crippen LogP contribution in [0.4, 0.5) is 0 Å². The fourth-order valence-corrected chi connectivity index (χ4v) is 0.963. The summed E-state index contributed by atoms with van der Waals surface area (Å²) in [6.07, 6.45) is 4.85. The van der Waals surface area contributed by atoms with Gasteiger partial charge in [0.2, 0.25) is 0 Å². The Hall–Kier alpha value is -0.790. The molecule has 76 valence electrons. The van der Waals surface area contributed by atoms with Gasteiger partial charge in [-0.05, 0) is 24.2 Å². The molecule has 0 saturated carbocycles. The Labute approximate surface area is 80.7 Å². The topological polar surface area (TPSA) is 37.3 Å². The highest BCUT2D eigenvalue weighted by atomic mass is 16.4. The molecule has 0 fully saturated rings. The fraction of sp³-hybridized carbons (Fsp3) is 0.727. The van der Waals surface area contributed by atoms with E-state index in [1.165, 1.54) is 6.08 Å². The van der Waals surface area contributed by atoms with Crippen LogP contribution in [0.2, 0.25) is 0 Å². The van der Waals surface area contributed by atoms with E-state index in [0.29, 0.717) is 11.3 Å². The second-order valence-electron chi connectivity index (χ2n) is 4.59. The van der Waals surface area contributed by atoms with Crippen LogP contribution in [0.15, 0.2) is 12.2 Å². The zero-order valence-electron chi connectivity index (χ0n) is 9.00. The van der Waals surface area contributed by atoms with Crippen molar-refractivity contribution in [2.75, 3.05) is 0 Å². The monoisotopic (exact) mass is 184 g/mol. The van der Waals surface area contributed by atoms with Crippen molar-refractivity contribution in [2.24, 2.45) is 11.3 Å². The maximum absolute atomic E-state index is 10.2. The Balaban J connectivity index is 3.72. The Bertz CT molecular complexity index is 187. The quantitative estimate of drug-likeness (QED) is 0.682. The van der Waals surface area contributed by atoms with E-state index in [0.717, 1.165) is 12.8 Å². The lowest BCUT2D eigenvalue weighted by Gasteiger charge is -2.26. The van der Waals surface area contributed by atoms with Gasteiger partial charge < -0.3 is 5.11 Å². The molecule has 0 bridgehead atoms. The van der Waals surface area contributed by atoms with Crippen LogP contribution in [0, 0.1) is 11.3 Å². The van der Waals surface area contributed by atoms with Crippen molar-refractivity contribution in [1.82, 2.24) is 0 Å². The van der Waals surface area contributed by atoms with Gasteiger partial charge in [0, 0.05) is 6.08 Å². The Morgan fingerprint density at radius 3 is 2.38 bits per heavy atom. The molecule has 0 aliphatic rings. The van der Waals surface area contributed by atoms with Gasteiger partial charge >= 0.3 is 5.97 Å². The molecular formula is C11H20O2. The third-order valence-electron chi connectivity index (χ3n) is 2.51. The van der Waals surface area contributed by atoms with Gasteiger partial charge in [0.05, 0.1) is 0 Å². The summed E-state index contributed by atoms with van der Waals surface area (Å²) >= 11 is 0. The molecule has 1 atom stereocenters. The zero-order chi connectivity index (χ0) is 10.5. The largest absolute Gasteiger partial charge is 0.478 e. The molecule has 2 nitrogen and oxygen atoms in total. The highest BCUT2D eigenvalue weighted by molar-refractivity contribution is 5.79. The predicted molar refractivity (Wildman–Crippen MR) is 54.6 cm³/mol. The first kappa shape index (κ1) is 12.2. The summed E-state index contributed by atoms with van der Waals surface area (Å²) in [7, 11) is 0. The number of allylic oxidation sites excluding steroid dienone is 1. The summed E-state index contributed by atoms with van der Waals surface area (Å²) < 4.78 is 0. The summed E-state index contributed by atoms with van der Waals surface area (Å²) in [5.74, 6) is -0.241. The number of carboxylic acids is 1. The van der Waals surface area contributed by atoms with Crippen molar-refractivity contribution in [3.8, 4) is 0 Å². The van der Waals surface area contributed by atoms with Gasteiger partial charge in [-0.25, -0.2) is 4.79 Å². The van der Waals surface area contributed by atoms with Crippen LogP contribution >= 0.6 is 0 Å². The third-order valence-corrected chi connectivity index (χ3v) is 2.51. The first-order chi connectivity index (χ1) is 5.84. The van der Waals surface area contributed by atoms with E-state index in [9.17, 15) is 4.79 Å². The van der Waals surface area contributed by atoms with Crippen molar-refractivity contribution >= 4 is 5.97 Å². The smallest absolute Gasteiger partial charge is 0.327 e. The molecular weight excluding hydrogens is 164 g/mol. The van der Waals surface area contributed by atoms with Crippen molar-refractivity contribution in [3.63, 3.8) is 0 Å². The maximum Gasteiger partial charge on any atom is 0.327 e. The van der Waals surface area contributed by atoms with E-state index in [1.54, 1.807) is 6.08 Å². The van der Waals surface area contributed by atoms with Gasteiger partial charge in [0.25, 0.3) is 0 Å². The van der Waals surface area contributed by atoms with Crippen molar-refractivity contribution < 1.29 is 9.90 Å². The fourth-order valence-electron chi connectivity index (χ4n) is 0.963. The van der Waals surface area contributed by atoms with Crippen LogP contribution in [0.25, 0.3) is 0 Å². The van der Waals surface area contributed by atoms with Crippen LogP contribution in [-0.2, 0) is 4.79 Å². The standard InChI is InChI=1S/C11H20O2/c1-9(11(2,3)4)7-5-6-8-10(12)13/h6,8-9H,5,7H2,1-4H3,(H,12,13). The van der Waals surface area contributed by atoms with E-state index in [2.05, 4.69) is 27.7 Å².